The first kappa shape index (κ1) is 13.4. The van der Waals surface area contributed by atoms with Gasteiger partial charge in [-0.05, 0) is 24.4 Å². The maximum absolute atomic E-state index is 12.6. The number of halogens is 3. The molecule has 0 saturated heterocycles. The molecule has 0 fully saturated rings. The summed E-state index contributed by atoms with van der Waals surface area (Å²) < 4.78 is 37.8. The number of rotatable bonds is 1. The van der Waals surface area contributed by atoms with Crippen molar-refractivity contribution >= 4 is 28.9 Å². The van der Waals surface area contributed by atoms with E-state index in [0.29, 0.717) is 0 Å². The van der Waals surface area contributed by atoms with Crippen LogP contribution in [0.5, 0.6) is 0 Å². The standard InChI is InChI=1S/C10H9F3N2OS/c1-6(16)14-9(17)15-8-5-3-2-4-7(8)10(11,12)13/h2-5H,1H3,(H2,14,15,16,17). The molecular weight excluding hydrogens is 253 g/mol. The average molecular weight is 262 g/mol. The highest BCUT2D eigenvalue weighted by Crippen LogP contribution is 2.34. The number of hydrogen-bond acceptors (Lipinski definition) is 2. The highest BCUT2D eigenvalue weighted by atomic mass is 32.1. The van der Waals surface area contributed by atoms with Gasteiger partial charge in [-0.1, -0.05) is 12.1 Å². The van der Waals surface area contributed by atoms with Crippen LogP contribution in [0, 0.1) is 0 Å². The zero-order chi connectivity index (χ0) is 13.1. The molecule has 2 N–H and O–H groups in total. The average Bonchev–Trinajstić information content (AvgIpc) is 2.15. The van der Waals surface area contributed by atoms with Crippen LogP contribution < -0.4 is 10.6 Å². The summed E-state index contributed by atoms with van der Waals surface area (Å²) in [5, 5.41) is 4.34. The van der Waals surface area contributed by atoms with Gasteiger partial charge < -0.3 is 10.6 Å². The number of para-hydroxylation sites is 1. The van der Waals surface area contributed by atoms with Crippen molar-refractivity contribution in [3.63, 3.8) is 0 Å². The van der Waals surface area contributed by atoms with Gasteiger partial charge in [0.05, 0.1) is 11.3 Å². The van der Waals surface area contributed by atoms with Gasteiger partial charge in [-0.2, -0.15) is 13.2 Å². The number of benzene rings is 1. The fraction of sp³-hybridized carbons (Fsp3) is 0.200. The van der Waals surface area contributed by atoms with Crippen molar-refractivity contribution < 1.29 is 18.0 Å². The van der Waals surface area contributed by atoms with Gasteiger partial charge in [-0.3, -0.25) is 4.79 Å². The Labute approximate surface area is 101 Å². The molecule has 7 heteroatoms. The van der Waals surface area contributed by atoms with Crippen LogP contribution in [-0.2, 0) is 11.0 Å². The number of anilines is 1. The minimum absolute atomic E-state index is 0.172. The zero-order valence-electron chi connectivity index (χ0n) is 8.76. The predicted molar refractivity (Wildman–Crippen MR) is 61.5 cm³/mol. The molecule has 0 atom stereocenters. The molecule has 92 valence electrons. The van der Waals surface area contributed by atoms with Crippen molar-refractivity contribution in [2.24, 2.45) is 0 Å². The molecule has 17 heavy (non-hydrogen) atoms. The van der Waals surface area contributed by atoms with E-state index in [1.54, 1.807) is 0 Å². The first-order chi connectivity index (χ1) is 7.80. The Balaban J connectivity index is 2.92. The van der Waals surface area contributed by atoms with Crippen LogP contribution in [0.2, 0.25) is 0 Å². The van der Waals surface area contributed by atoms with Gasteiger partial charge in [-0.25, -0.2) is 0 Å². The molecule has 1 rings (SSSR count). The summed E-state index contributed by atoms with van der Waals surface area (Å²) in [6, 6.07) is 4.87. The second kappa shape index (κ2) is 5.13. The number of hydrogen-bond donors (Lipinski definition) is 2. The Hall–Kier alpha value is -1.63. The second-order valence-corrected chi connectivity index (χ2v) is 3.59. The van der Waals surface area contributed by atoms with Crippen molar-refractivity contribution in [2.45, 2.75) is 13.1 Å². The summed E-state index contributed by atoms with van der Waals surface area (Å²) in [4.78, 5) is 10.7. The van der Waals surface area contributed by atoms with Gasteiger partial charge in [0.2, 0.25) is 5.91 Å². The quantitative estimate of drug-likeness (QED) is 0.764. The lowest BCUT2D eigenvalue weighted by Gasteiger charge is -2.14. The highest BCUT2D eigenvalue weighted by Gasteiger charge is 2.33. The summed E-state index contributed by atoms with van der Waals surface area (Å²) in [5.74, 6) is -0.452. The third-order valence-electron chi connectivity index (χ3n) is 1.77. The minimum Gasteiger partial charge on any atom is -0.332 e. The molecule has 0 heterocycles. The van der Waals surface area contributed by atoms with E-state index in [4.69, 9.17) is 0 Å². The van der Waals surface area contributed by atoms with E-state index in [1.807, 2.05) is 0 Å². The van der Waals surface area contributed by atoms with E-state index in [0.717, 1.165) is 6.07 Å². The van der Waals surface area contributed by atoms with Crippen molar-refractivity contribution in [3.8, 4) is 0 Å². The van der Waals surface area contributed by atoms with Gasteiger partial charge >= 0.3 is 6.18 Å². The lowest BCUT2D eigenvalue weighted by atomic mass is 10.2. The molecule has 1 aromatic carbocycles. The summed E-state index contributed by atoms with van der Waals surface area (Å²) in [5.41, 5.74) is -1.04. The van der Waals surface area contributed by atoms with E-state index in [9.17, 15) is 18.0 Å². The SMILES string of the molecule is CC(=O)NC(=S)Nc1ccccc1C(F)(F)F. The lowest BCUT2D eigenvalue weighted by Crippen LogP contribution is -2.32. The molecular formula is C10H9F3N2OS. The molecule has 3 nitrogen and oxygen atoms in total. The lowest BCUT2D eigenvalue weighted by molar-refractivity contribution is -0.136. The normalized spacial score (nSPS) is 10.8. The molecule has 0 saturated carbocycles. The Morgan fingerprint density at radius 3 is 2.41 bits per heavy atom. The number of alkyl halides is 3. The molecule has 0 aliphatic heterocycles. The number of amides is 1. The van der Waals surface area contributed by atoms with Gasteiger partial charge in [0.25, 0.3) is 0 Å². The first-order valence-corrected chi connectivity index (χ1v) is 4.96. The summed E-state index contributed by atoms with van der Waals surface area (Å²) in [6.07, 6.45) is -4.48. The number of carbonyl (C=O) groups is 1. The molecule has 0 bridgehead atoms. The van der Waals surface area contributed by atoms with Crippen LogP contribution in [0.4, 0.5) is 18.9 Å². The van der Waals surface area contributed by atoms with Crippen molar-refractivity contribution in [3.05, 3.63) is 29.8 Å². The molecule has 0 aliphatic rings. The zero-order valence-corrected chi connectivity index (χ0v) is 9.58. The number of nitrogens with one attached hydrogen (secondary N) is 2. The molecule has 0 aliphatic carbocycles. The molecule has 0 unspecified atom stereocenters. The first-order valence-electron chi connectivity index (χ1n) is 4.55. The Bertz CT molecular complexity index is 445. The van der Waals surface area contributed by atoms with E-state index in [2.05, 4.69) is 22.9 Å². The van der Waals surface area contributed by atoms with E-state index < -0.39 is 17.6 Å². The summed E-state index contributed by atoms with van der Waals surface area (Å²) in [6.45, 7) is 1.21. The van der Waals surface area contributed by atoms with Crippen molar-refractivity contribution in [1.82, 2.24) is 5.32 Å². The molecule has 1 amide bonds. The van der Waals surface area contributed by atoms with Crippen LogP contribution in [-0.4, -0.2) is 11.0 Å². The highest BCUT2D eigenvalue weighted by molar-refractivity contribution is 7.80. The molecule has 1 aromatic rings. The smallest absolute Gasteiger partial charge is 0.332 e. The monoisotopic (exact) mass is 262 g/mol. The second-order valence-electron chi connectivity index (χ2n) is 3.18. The van der Waals surface area contributed by atoms with Gasteiger partial charge in [-0.15, -0.1) is 0 Å². The van der Waals surface area contributed by atoms with E-state index in [1.165, 1.54) is 25.1 Å². The summed E-state index contributed by atoms with van der Waals surface area (Å²) >= 11 is 4.68. The predicted octanol–water partition coefficient (Wildman–Crippen LogP) is 2.54. The molecule has 0 aromatic heterocycles. The fourth-order valence-corrected chi connectivity index (χ4v) is 1.41. The summed E-state index contributed by atoms with van der Waals surface area (Å²) in [7, 11) is 0. The molecule has 0 spiro atoms. The largest absolute Gasteiger partial charge is 0.418 e. The maximum atomic E-state index is 12.6. The third-order valence-corrected chi connectivity index (χ3v) is 1.97. The molecule has 0 radical (unpaired) electrons. The Kier molecular flexibility index (Phi) is 4.06. The number of thiocarbonyl (C=S) groups is 1. The van der Waals surface area contributed by atoms with E-state index in [-0.39, 0.29) is 10.8 Å². The van der Waals surface area contributed by atoms with Crippen LogP contribution in [0.1, 0.15) is 12.5 Å². The van der Waals surface area contributed by atoms with Crippen LogP contribution in [0.3, 0.4) is 0 Å². The Morgan fingerprint density at radius 2 is 1.88 bits per heavy atom. The number of carbonyl (C=O) groups excluding carboxylic acids is 1. The third kappa shape index (κ3) is 4.03. The maximum Gasteiger partial charge on any atom is 0.418 e. The van der Waals surface area contributed by atoms with Gasteiger partial charge in [0.15, 0.2) is 5.11 Å². The van der Waals surface area contributed by atoms with Gasteiger partial charge in [0.1, 0.15) is 0 Å². The minimum atomic E-state index is -4.48. The van der Waals surface area contributed by atoms with Crippen molar-refractivity contribution in [2.75, 3.05) is 5.32 Å². The topological polar surface area (TPSA) is 41.1 Å². The Morgan fingerprint density at radius 1 is 1.29 bits per heavy atom. The van der Waals surface area contributed by atoms with E-state index >= 15 is 0 Å². The van der Waals surface area contributed by atoms with Crippen LogP contribution >= 0.6 is 12.2 Å². The van der Waals surface area contributed by atoms with Crippen LogP contribution in [0.15, 0.2) is 24.3 Å². The van der Waals surface area contributed by atoms with Crippen molar-refractivity contribution in [1.29, 1.82) is 0 Å². The van der Waals surface area contributed by atoms with Crippen LogP contribution in [0.25, 0.3) is 0 Å². The fourth-order valence-electron chi connectivity index (χ4n) is 1.15. The van der Waals surface area contributed by atoms with Gasteiger partial charge in [0, 0.05) is 6.92 Å².